The van der Waals surface area contributed by atoms with Crippen molar-refractivity contribution in [2.75, 3.05) is 26.2 Å². The fraction of sp³-hybridized carbons (Fsp3) is 0.400. The lowest BCUT2D eigenvalue weighted by Crippen LogP contribution is -2.51. The molecule has 2 amide bonds. The van der Waals surface area contributed by atoms with Crippen LogP contribution in [-0.2, 0) is 11.4 Å². The Balaban J connectivity index is 1.35. The zero-order valence-electron chi connectivity index (χ0n) is 14.6. The third-order valence-electron chi connectivity index (χ3n) is 4.88. The molecule has 0 N–H and O–H groups in total. The molecule has 2 aliphatic rings. The normalized spacial score (nSPS) is 17.2. The van der Waals surface area contributed by atoms with E-state index in [9.17, 15) is 9.59 Å². The Morgan fingerprint density at radius 3 is 2.38 bits per heavy atom. The third kappa shape index (κ3) is 3.59. The van der Waals surface area contributed by atoms with Gasteiger partial charge in [-0.2, -0.15) is 0 Å². The zero-order valence-corrected chi connectivity index (χ0v) is 14.6. The fourth-order valence-corrected chi connectivity index (χ4v) is 3.18. The Morgan fingerprint density at radius 2 is 1.69 bits per heavy atom. The highest BCUT2D eigenvalue weighted by molar-refractivity contribution is 5.93. The first-order valence-corrected chi connectivity index (χ1v) is 9.04. The van der Waals surface area contributed by atoms with Crippen LogP contribution >= 0.6 is 0 Å². The van der Waals surface area contributed by atoms with Gasteiger partial charge in [-0.05, 0) is 31.0 Å². The summed E-state index contributed by atoms with van der Waals surface area (Å²) in [7, 11) is 0. The quantitative estimate of drug-likeness (QED) is 0.828. The summed E-state index contributed by atoms with van der Waals surface area (Å²) in [5, 5.41) is 0. The number of furan rings is 1. The molecule has 2 aromatic rings. The molecule has 6 heteroatoms. The van der Waals surface area contributed by atoms with Gasteiger partial charge in [0, 0.05) is 37.7 Å². The first kappa shape index (κ1) is 16.7. The molecule has 1 aromatic heterocycles. The maximum atomic E-state index is 12.8. The molecule has 26 heavy (non-hydrogen) atoms. The molecule has 1 aliphatic carbocycles. The number of para-hydroxylation sites is 1. The Kier molecular flexibility index (Phi) is 4.65. The van der Waals surface area contributed by atoms with Crippen LogP contribution in [0.5, 0.6) is 5.75 Å². The minimum Gasteiger partial charge on any atom is -0.489 e. The van der Waals surface area contributed by atoms with Gasteiger partial charge in [0.05, 0.1) is 6.26 Å². The number of hydrogen-bond acceptors (Lipinski definition) is 4. The van der Waals surface area contributed by atoms with E-state index in [1.807, 2.05) is 35.2 Å². The lowest BCUT2D eigenvalue weighted by molar-refractivity contribution is -0.134. The maximum Gasteiger partial charge on any atom is 0.290 e. The topological polar surface area (TPSA) is 63.0 Å². The molecule has 136 valence electrons. The Morgan fingerprint density at radius 1 is 1.00 bits per heavy atom. The summed E-state index contributed by atoms with van der Waals surface area (Å²) in [4.78, 5) is 28.5. The Labute approximate surface area is 152 Å². The summed E-state index contributed by atoms with van der Waals surface area (Å²) in [6.45, 7) is 2.55. The van der Waals surface area contributed by atoms with Crippen molar-refractivity contribution >= 4 is 11.8 Å². The van der Waals surface area contributed by atoms with Crippen LogP contribution < -0.4 is 4.74 Å². The van der Waals surface area contributed by atoms with Crippen LogP contribution in [-0.4, -0.2) is 47.8 Å². The van der Waals surface area contributed by atoms with Crippen molar-refractivity contribution < 1.29 is 18.7 Å². The number of piperazine rings is 1. The second-order valence-electron chi connectivity index (χ2n) is 6.77. The summed E-state index contributed by atoms with van der Waals surface area (Å²) in [6.07, 6.45) is 3.54. The van der Waals surface area contributed by atoms with Gasteiger partial charge < -0.3 is 19.0 Å². The molecule has 2 fully saturated rings. The van der Waals surface area contributed by atoms with Crippen LogP contribution in [0.3, 0.4) is 0 Å². The average molecular weight is 354 g/mol. The smallest absolute Gasteiger partial charge is 0.290 e. The second kappa shape index (κ2) is 7.23. The van der Waals surface area contributed by atoms with E-state index < -0.39 is 0 Å². The zero-order chi connectivity index (χ0) is 17.9. The second-order valence-corrected chi connectivity index (χ2v) is 6.77. The van der Waals surface area contributed by atoms with E-state index in [1.165, 1.54) is 6.26 Å². The van der Waals surface area contributed by atoms with Gasteiger partial charge in [-0.25, -0.2) is 0 Å². The molecule has 0 atom stereocenters. The van der Waals surface area contributed by atoms with Crippen LogP contribution in [0.1, 0.15) is 29.0 Å². The monoisotopic (exact) mass is 354 g/mol. The van der Waals surface area contributed by atoms with Crippen molar-refractivity contribution in [3.8, 4) is 5.75 Å². The predicted molar refractivity (Wildman–Crippen MR) is 94.7 cm³/mol. The van der Waals surface area contributed by atoms with Gasteiger partial charge in [0.1, 0.15) is 12.4 Å². The minimum absolute atomic E-state index is 0.139. The van der Waals surface area contributed by atoms with Gasteiger partial charge in [0.25, 0.3) is 5.91 Å². The van der Waals surface area contributed by atoms with Gasteiger partial charge in [-0.1, -0.05) is 18.2 Å². The van der Waals surface area contributed by atoms with Crippen molar-refractivity contribution in [3.05, 3.63) is 54.0 Å². The highest BCUT2D eigenvalue weighted by Gasteiger charge is 2.35. The summed E-state index contributed by atoms with van der Waals surface area (Å²) in [5.74, 6) is 1.40. The van der Waals surface area contributed by atoms with E-state index in [0.717, 1.165) is 24.2 Å². The minimum atomic E-state index is -0.139. The number of carbonyl (C=O) groups excluding carboxylic acids is 2. The van der Waals surface area contributed by atoms with Gasteiger partial charge in [0.15, 0.2) is 5.76 Å². The molecule has 6 nitrogen and oxygen atoms in total. The highest BCUT2D eigenvalue weighted by Crippen LogP contribution is 2.31. The molecule has 2 heterocycles. The molecule has 1 aliphatic heterocycles. The lowest BCUT2D eigenvalue weighted by atomic mass is 10.2. The van der Waals surface area contributed by atoms with E-state index >= 15 is 0 Å². The molecular weight excluding hydrogens is 332 g/mol. The van der Waals surface area contributed by atoms with E-state index in [0.29, 0.717) is 31.9 Å². The first-order valence-electron chi connectivity index (χ1n) is 9.04. The largest absolute Gasteiger partial charge is 0.489 e. The molecule has 4 rings (SSSR count). The molecule has 0 unspecified atom stereocenters. The van der Waals surface area contributed by atoms with E-state index in [4.69, 9.17) is 9.15 Å². The SMILES string of the molecule is O=C(c1occc1COc1ccccc1)N1CCN(C(=O)C2CC2)CC1. The van der Waals surface area contributed by atoms with Gasteiger partial charge in [0.2, 0.25) is 5.91 Å². The van der Waals surface area contributed by atoms with Crippen molar-refractivity contribution in [2.45, 2.75) is 19.4 Å². The number of rotatable bonds is 5. The molecule has 1 saturated carbocycles. The lowest BCUT2D eigenvalue weighted by Gasteiger charge is -2.34. The van der Waals surface area contributed by atoms with Gasteiger partial charge in [-0.3, -0.25) is 9.59 Å². The first-order chi connectivity index (χ1) is 12.7. The molecule has 0 spiro atoms. The van der Waals surface area contributed by atoms with E-state index in [2.05, 4.69) is 0 Å². The molecule has 1 aromatic carbocycles. The summed E-state index contributed by atoms with van der Waals surface area (Å²) < 4.78 is 11.2. The molecular formula is C20H22N2O4. The number of ether oxygens (including phenoxy) is 1. The van der Waals surface area contributed by atoms with E-state index in [-0.39, 0.29) is 24.3 Å². The number of nitrogens with zero attached hydrogens (tertiary/aromatic N) is 2. The molecule has 0 radical (unpaired) electrons. The molecule has 1 saturated heterocycles. The van der Waals surface area contributed by atoms with Crippen LogP contribution in [0.2, 0.25) is 0 Å². The average Bonchev–Trinajstić information content (AvgIpc) is 3.44. The van der Waals surface area contributed by atoms with Crippen LogP contribution in [0.4, 0.5) is 0 Å². The van der Waals surface area contributed by atoms with Gasteiger partial charge >= 0.3 is 0 Å². The van der Waals surface area contributed by atoms with E-state index in [1.54, 1.807) is 11.0 Å². The van der Waals surface area contributed by atoms with Crippen molar-refractivity contribution in [1.29, 1.82) is 0 Å². The summed E-state index contributed by atoms with van der Waals surface area (Å²) >= 11 is 0. The number of hydrogen-bond donors (Lipinski definition) is 0. The highest BCUT2D eigenvalue weighted by atomic mass is 16.5. The maximum absolute atomic E-state index is 12.8. The fourth-order valence-electron chi connectivity index (χ4n) is 3.18. The Hall–Kier alpha value is -2.76. The third-order valence-corrected chi connectivity index (χ3v) is 4.88. The van der Waals surface area contributed by atoms with Crippen LogP contribution in [0.25, 0.3) is 0 Å². The van der Waals surface area contributed by atoms with Gasteiger partial charge in [-0.15, -0.1) is 0 Å². The van der Waals surface area contributed by atoms with Crippen LogP contribution in [0, 0.1) is 5.92 Å². The summed E-state index contributed by atoms with van der Waals surface area (Å²) in [6, 6.07) is 11.2. The van der Waals surface area contributed by atoms with Crippen molar-refractivity contribution in [3.63, 3.8) is 0 Å². The molecule has 0 bridgehead atoms. The van der Waals surface area contributed by atoms with Crippen molar-refractivity contribution in [2.24, 2.45) is 5.92 Å². The van der Waals surface area contributed by atoms with Crippen LogP contribution in [0.15, 0.2) is 47.1 Å². The number of amides is 2. The summed E-state index contributed by atoms with van der Waals surface area (Å²) in [5.41, 5.74) is 0.732. The number of carbonyl (C=O) groups is 2. The number of benzene rings is 1. The standard InChI is InChI=1S/C20H22N2O4/c23-19(15-6-7-15)21-9-11-22(12-10-21)20(24)18-16(8-13-25-18)14-26-17-4-2-1-3-5-17/h1-5,8,13,15H,6-7,9-12,14H2. The van der Waals surface area contributed by atoms with Crippen molar-refractivity contribution in [1.82, 2.24) is 9.80 Å². The Bertz CT molecular complexity index is 774. The predicted octanol–water partition coefficient (Wildman–Crippen LogP) is 2.55.